The summed E-state index contributed by atoms with van der Waals surface area (Å²) in [6.45, 7) is 0. The van der Waals surface area contributed by atoms with E-state index in [0.717, 1.165) is 28.0 Å². The van der Waals surface area contributed by atoms with E-state index in [1.807, 2.05) is 54.6 Å². The molecule has 0 heterocycles. The lowest BCUT2D eigenvalue weighted by Crippen LogP contribution is -1.87. The van der Waals surface area contributed by atoms with Crippen molar-refractivity contribution in [2.75, 3.05) is 7.11 Å². The van der Waals surface area contributed by atoms with Gasteiger partial charge in [-0.1, -0.05) is 60.7 Å². The molecule has 4 aromatic carbocycles. The molecule has 0 aliphatic rings. The van der Waals surface area contributed by atoms with Crippen LogP contribution in [0.2, 0.25) is 0 Å². The Morgan fingerprint density at radius 2 is 1.28 bits per heavy atom. The number of hydrogen-bond donors (Lipinski definition) is 0. The van der Waals surface area contributed by atoms with Crippen molar-refractivity contribution in [1.29, 1.82) is 0 Å². The second kappa shape index (κ2) is 7.84. The van der Waals surface area contributed by atoms with Gasteiger partial charge in [0, 0.05) is 17.0 Å². The van der Waals surface area contributed by atoms with Gasteiger partial charge in [-0.25, -0.2) is 4.39 Å². The summed E-state index contributed by atoms with van der Waals surface area (Å²) in [5, 5.41) is 0.981. The molecule has 0 aliphatic heterocycles. The number of ether oxygens (including phenoxy) is 1. The van der Waals surface area contributed by atoms with E-state index in [1.165, 1.54) is 6.07 Å². The van der Waals surface area contributed by atoms with Crippen LogP contribution in [0.15, 0.2) is 84.9 Å². The standard InChI is InChI=1S/C25H17F3O/c1-29-22-11-8-17(9-12-22)16-2-4-18(5-3-16)19-10-13-23-20(14-19)6-7-21(25(23)28)15-24(26)27/h2-15H,1H3. The number of fused-ring (bicyclic) bond motifs is 1. The highest BCUT2D eigenvalue weighted by molar-refractivity contribution is 5.89. The van der Waals surface area contributed by atoms with E-state index < -0.39 is 11.9 Å². The second-order valence-electron chi connectivity index (χ2n) is 6.64. The largest absolute Gasteiger partial charge is 0.497 e. The van der Waals surface area contributed by atoms with Gasteiger partial charge in [-0.15, -0.1) is 0 Å². The minimum Gasteiger partial charge on any atom is -0.497 e. The minimum atomic E-state index is -1.92. The third kappa shape index (κ3) is 3.87. The fourth-order valence-electron chi connectivity index (χ4n) is 3.36. The summed E-state index contributed by atoms with van der Waals surface area (Å²) in [5.41, 5.74) is 3.96. The Kier molecular flexibility index (Phi) is 5.09. The maximum atomic E-state index is 14.5. The minimum absolute atomic E-state index is 0.117. The van der Waals surface area contributed by atoms with Gasteiger partial charge in [0.15, 0.2) is 0 Å². The average molecular weight is 390 g/mol. The monoisotopic (exact) mass is 390 g/mol. The van der Waals surface area contributed by atoms with Crippen molar-refractivity contribution in [2.24, 2.45) is 0 Å². The molecular weight excluding hydrogens is 373 g/mol. The first-order valence-corrected chi connectivity index (χ1v) is 9.05. The fourth-order valence-corrected chi connectivity index (χ4v) is 3.36. The van der Waals surface area contributed by atoms with Gasteiger partial charge in [0.1, 0.15) is 11.6 Å². The van der Waals surface area contributed by atoms with Crippen LogP contribution in [0.4, 0.5) is 13.2 Å². The highest BCUT2D eigenvalue weighted by atomic mass is 19.3. The summed E-state index contributed by atoms with van der Waals surface area (Å²) >= 11 is 0. The van der Waals surface area contributed by atoms with Crippen LogP contribution in [0.1, 0.15) is 5.56 Å². The average Bonchev–Trinajstić information content (AvgIpc) is 2.75. The Bertz CT molecular complexity index is 1190. The van der Waals surface area contributed by atoms with Gasteiger partial charge in [-0.05, 0) is 45.8 Å². The Balaban J connectivity index is 1.66. The van der Waals surface area contributed by atoms with Crippen molar-refractivity contribution in [3.8, 4) is 28.0 Å². The second-order valence-corrected chi connectivity index (χ2v) is 6.64. The van der Waals surface area contributed by atoms with Crippen molar-refractivity contribution < 1.29 is 17.9 Å². The first-order chi connectivity index (χ1) is 14.0. The lowest BCUT2D eigenvalue weighted by molar-refractivity contribution is 0.415. The van der Waals surface area contributed by atoms with Crippen LogP contribution in [0, 0.1) is 5.82 Å². The molecule has 0 N–H and O–H groups in total. The number of hydrogen-bond acceptors (Lipinski definition) is 1. The van der Waals surface area contributed by atoms with E-state index >= 15 is 0 Å². The third-order valence-electron chi connectivity index (χ3n) is 4.89. The Labute approximate surface area is 166 Å². The molecule has 0 aromatic heterocycles. The van der Waals surface area contributed by atoms with Crippen LogP contribution >= 0.6 is 0 Å². The summed E-state index contributed by atoms with van der Waals surface area (Å²) in [5.74, 6) is 0.165. The smallest absolute Gasteiger partial charge is 0.271 e. The SMILES string of the molecule is COc1ccc(-c2ccc(-c3ccc4c(F)c(C=C(F)F)ccc4c3)cc2)cc1. The Hall–Kier alpha value is -3.53. The van der Waals surface area contributed by atoms with Gasteiger partial charge in [-0.3, -0.25) is 0 Å². The van der Waals surface area contributed by atoms with E-state index in [-0.39, 0.29) is 5.56 Å². The zero-order valence-electron chi connectivity index (χ0n) is 15.6. The number of rotatable bonds is 4. The summed E-state index contributed by atoms with van der Waals surface area (Å²) < 4.78 is 44.6. The maximum absolute atomic E-state index is 14.5. The predicted molar refractivity (Wildman–Crippen MR) is 112 cm³/mol. The van der Waals surface area contributed by atoms with Crippen LogP contribution in [0.5, 0.6) is 5.75 Å². The van der Waals surface area contributed by atoms with E-state index in [4.69, 9.17) is 4.74 Å². The van der Waals surface area contributed by atoms with Crippen molar-refractivity contribution in [2.45, 2.75) is 0 Å². The predicted octanol–water partition coefficient (Wildman–Crippen LogP) is 7.56. The molecule has 0 atom stereocenters. The van der Waals surface area contributed by atoms with Crippen LogP contribution < -0.4 is 4.74 Å². The van der Waals surface area contributed by atoms with Gasteiger partial charge in [-0.2, -0.15) is 8.78 Å². The van der Waals surface area contributed by atoms with Crippen LogP contribution in [0.3, 0.4) is 0 Å². The molecule has 1 nitrogen and oxygen atoms in total. The topological polar surface area (TPSA) is 9.23 Å². The lowest BCUT2D eigenvalue weighted by atomic mass is 9.97. The molecule has 0 saturated heterocycles. The molecule has 0 amide bonds. The van der Waals surface area contributed by atoms with Gasteiger partial charge < -0.3 is 4.74 Å². The Morgan fingerprint density at radius 1 is 0.724 bits per heavy atom. The van der Waals surface area contributed by atoms with Gasteiger partial charge in [0.25, 0.3) is 6.08 Å². The number of methoxy groups -OCH3 is 1. The Morgan fingerprint density at radius 3 is 1.86 bits per heavy atom. The van der Waals surface area contributed by atoms with Crippen LogP contribution in [-0.2, 0) is 0 Å². The van der Waals surface area contributed by atoms with Crippen molar-refractivity contribution >= 4 is 16.8 Å². The highest BCUT2D eigenvalue weighted by Crippen LogP contribution is 2.30. The fraction of sp³-hybridized carbons (Fsp3) is 0.0400. The summed E-state index contributed by atoms with van der Waals surface area (Å²) in [7, 11) is 1.63. The molecule has 29 heavy (non-hydrogen) atoms. The molecule has 4 rings (SSSR count). The molecule has 4 aromatic rings. The van der Waals surface area contributed by atoms with Gasteiger partial charge >= 0.3 is 0 Å². The summed E-state index contributed by atoms with van der Waals surface area (Å²) in [6.07, 6.45) is -1.38. The van der Waals surface area contributed by atoms with Gasteiger partial charge in [0.05, 0.1) is 7.11 Å². The normalized spacial score (nSPS) is 10.8. The maximum Gasteiger partial charge on any atom is 0.271 e. The lowest BCUT2D eigenvalue weighted by Gasteiger charge is -2.08. The van der Waals surface area contributed by atoms with E-state index in [1.54, 1.807) is 25.3 Å². The quantitative estimate of drug-likeness (QED) is 0.349. The molecule has 4 heteroatoms. The molecule has 0 fully saturated rings. The van der Waals surface area contributed by atoms with Gasteiger partial charge in [0.2, 0.25) is 0 Å². The highest BCUT2D eigenvalue weighted by Gasteiger charge is 2.09. The van der Waals surface area contributed by atoms with Crippen molar-refractivity contribution in [3.63, 3.8) is 0 Å². The van der Waals surface area contributed by atoms with E-state index in [2.05, 4.69) is 0 Å². The zero-order chi connectivity index (χ0) is 20.4. The molecule has 0 spiro atoms. The first kappa shape index (κ1) is 18.8. The zero-order valence-corrected chi connectivity index (χ0v) is 15.6. The molecule has 0 radical (unpaired) electrons. The first-order valence-electron chi connectivity index (χ1n) is 9.05. The number of benzene rings is 4. The number of halogens is 3. The van der Waals surface area contributed by atoms with Crippen molar-refractivity contribution in [3.05, 3.63) is 96.3 Å². The molecule has 0 bridgehead atoms. The van der Waals surface area contributed by atoms with Crippen LogP contribution in [0.25, 0.3) is 39.1 Å². The van der Waals surface area contributed by atoms with E-state index in [0.29, 0.717) is 16.8 Å². The molecule has 144 valence electrons. The van der Waals surface area contributed by atoms with Crippen molar-refractivity contribution in [1.82, 2.24) is 0 Å². The van der Waals surface area contributed by atoms with Crippen LogP contribution in [-0.4, -0.2) is 7.11 Å². The van der Waals surface area contributed by atoms with E-state index in [9.17, 15) is 13.2 Å². The summed E-state index contributed by atoms with van der Waals surface area (Å²) in [6, 6.07) is 24.2. The molecule has 0 saturated carbocycles. The summed E-state index contributed by atoms with van der Waals surface area (Å²) in [4.78, 5) is 0. The molecular formula is C25H17F3O. The molecule has 0 unspecified atom stereocenters. The molecule has 0 aliphatic carbocycles. The third-order valence-corrected chi connectivity index (χ3v) is 4.89.